The topological polar surface area (TPSA) is 55.2 Å². The quantitative estimate of drug-likeness (QED) is 0.671. The molecule has 0 bridgehead atoms. The number of hydrogen-bond donors (Lipinski definition) is 1. The second-order valence-electron chi connectivity index (χ2n) is 4.70. The van der Waals surface area contributed by atoms with Gasteiger partial charge >= 0.3 is 0 Å². The lowest BCUT2D eigenvalue weighted by Crippen LogP contribution is -2.08. The van der Waals surface area contributed by atoms with Crippen LogP contribution in [0.2, 0.25) is 0 Å². The van der Waals surface area contributed by atoms with Gasteiger partial charge in [-0.25, -0.2) is 4.39 Å². The van der Waals surface area contributed by atoms with Gasteiger partial charge in [0.25, 0.3) is 5.69 Å². The van der Waals surface area contributed by atoms with E-state index in [2.05, 4.69) is 5.32 Å². The van der Waals surface area contributed by atoms with Crippen LogP contribution in [0.3, 0.4) is 0 Å². The fraction of sp³-hybridized carbons (Fsp3) is 0.200. The van der Waals surface area contributed by atoms with Gasteiger partial charge in [-0.05, 0) is 37.1 Å². The molecule has 0 radical (unpaired) electrons. The highest BCUT2D eigenvalue weighted by Crippen LogP contribution is 2.24. The second kappa shape index (κ2) is 5.69. The maximum atomic E-state index is 13.7. The number of nitrogens with zero attached hydrogens (tertiary/aromatic N) is 1. The molecular weight excluding hydrogens is 259 g/mol. The van der Waals surface area contributed by atoms with Crippen LogP contribution in [0.1, 0.15) is 24.1 Å². The Balaban J connectivity index is 2.23. The van der Waals surface area contributed by atoms with Gasteiger partial charge in [0.15, 0.2) is 0 Å². The number of benzene rings is 2. The highest BCUT2D eigenvalue weighted by Gasteiger charge is 2.12. The first kappa shape index (κ1) is 14.0. The molecule has 0 aromatic heterocycles. The Morgan fingerprint density at radius 2 is 2.00 bits per heavy atom. The van der Waals surface area contributed by atoms with E-state index in [9.17, 15) is 14.5 Å². The van der Waals surface area contributed by atoms with Crippen LogP contribution in [0.15, 0.2) is 42.5 Å². The molecule has 1 atom stereocenters. The Labute approximate surface area is 116 Å². The summed E-state index contributed by atoms with van der Waals surface area (Å²) in [5.41, 5.74) is 2.10. The van der Waals surface area contributed by atoms with Crippen LogP contribution in [0.25, 0.3) is 0 Å². The molecule has 2 aromatic rings. The largest absolute Gasteiger partial charge is 0.376 e. The van der Waals surface area contributed by atoms with E-state index < -0.39 is 4.92 Å². The lowest BCUT2D eigenvalue weighted by molar-refractivity contribution is -0.384. The summed E-state index contributed by atoms with van der Waals surface area (Å²) in [5, 5.41) is 13.8. The maximum Gasteiger partial charge on any atom is 0.269 e. The normalized spacial score (nSPS) is 11.9. The lowest BCUT2D eigenvalue weighted by Gasteiger charge is -2.16. The molecule has 2 rings (SSSR count). The fourth-order valence-electron chi connectivity index (χ4n) is 1.97. The molecule has 0 amide bonds. The summed E-state index contributed by atoms with van der Waals surface area (Å²) in [6.07, 6.45) is 0. The van der Waals surface area contributed by atoms with Gasteiger partial charge in [-0.1, -0.05) is 18.2 Å². The van der Waals surface area contributed by atoms with Gasteiger partial charge in [-0.15, -0.1) is 0 Å². The van der Waals surface area contributed by atoms with Gasteiger partial charge < -0.3 is 5.32 Å². The van der Waals surface area contributed by atoms with Crippen molar-refractivity contribution in [2.45, 2.75) is 19.9 Å². The van der Waals surface area contributed by atoms with E-state index in [-0.39, 0.29) is 17.5 Å². The third kappa shape index (κ3) is 3.12. The molecule has 0 aliphatic rings. The molecule has 0 aliphatic carbocycles. The van der Waals surface area contributed by atoms with Gasteiger partial charge in [-0.3, -0.25) is 10.1 Å². The number of anilines is 1. The number of hydrogen-bond acceptors (Lipinski definition) is 3. The van der Waals surface area contributed by atoms with E-state index in [1.165, 1.54) is 18.2 Å². The molecular formula is C15H15FN2O2. The number of nitro benzene ring substituents is 1. The predicted molar refractivity (Wildman–Crippen MR) is 76.3 cm³/mol. The summed E-state index contributed by atoms with van der Waals surface area (Å²) in [5.74, 6) is -0.340. The molecule has 0 heterocycles. The first-order chi connectivity index (χ1) is 9.47. The first-order valence-electron chi connectivity index (χ1n) is 6.24. The van der Waals surface area contributed by atoms with Gasteiger partial charge in [-0.2, -0.15) is 0 Å². The zero-order chi connectivity index (χ0) is 14.7. The van der Waals surface area contributed by atoms with Crippen LogP contribution in [0, 0.1) is 22.9 Å². The van der Waals surface area contributed by atoms with E-state index in [4.69, 9.17) is 0 Å². The minimum absolute atomic E-state index is 0.0286. The summed E-state index contributed by atoms with van der Waals surface area (Å²) in [6, 6.07) is 10.9. The van der Waals surface area contributed by atoms with E-state index >= 15 is 0 Å². The smallest absolute Gasteiger partial charge is 0.269 e. The van der Waals surface area contributed by atoms with Crippen LogP contribution in [-0.2, 0) is 0 Å². The number of nitrogens with one attached hydrogen (secondary N) is 1. The predicted octanol–water partition coefficient (Wildman–Crippen LogP) is 4.22. The summed E-state index contributed by atoms with van der Waals surface area (Å²) in [7, 11) is 0. The van der Waals surface area contributed by atoms with Crippen LogP contribution >= 0.6 is 0 Å². The van der Waals surface area contributed by atoms with Crippen molar-refractivity contribution in [3.63, 3.8) is 0 Å². The number of nitro groups is 1. The highest BCUT2D eigenvalue weighted by atomic mass is 19.1. The molecule has 0 saturated heterocycles. The van der Waals surface area contributed by atoms with Crippen LogP contribution < -0.4 is 5.32 Å². The Hall–Kier alpha value is -2.43. The third-order valence-corrected chi connectivity index (χ3v) is 3.07. The van der Waals surface area contributed by atoms with Crippen LogP contribution in [0.4, 0.5) is 15.8 Å². The van der Waals surface area contributed by atoms with Gasteiger partial charge in [0.05, 0.1) is 10.6 Å². The minimum atomic E-state index is -0.441. The van der Waals surface area contributed by atoms with E-state index in [0.717, 1.165) is 11.1 Å². The average Bonchev–Trinajstić information content (AvgIpc) is 2.43. The van der Waals surface area contributed by atoms with E-state index in [1.54, 1.807) is 24.3 Å². The molecule has 2 aromatic carbocycles. The van der Waals surface area contributed by atoms with Crippen molar-refractivity contribution < 1.29 is 9.31 Å². The van der Waals surface area contributed by atoms with Crippen LogP contribution in [0.5, 0.6) is 0 Å². The van der Waals surface area contributed by atoms with Crippen molar-refractivity contribution in [1.82, 2.24) is 0 Å². The van der Waals surface area contributed by atoms with Crippen molar-refractivity contribution in [3.05, 3.63) is 69.5 Å². The van der Waals surface area contributed by atoms with Crippen molar-refractivity contribution in [3.8, 4) is 0 Å². The summed E-state index contributed by atoms with van der Waals surface area (Å²) in [4.78, 5) is 10.3. The number of non-ortho nitro benzene ring substituents is 1. The first-order valence-corrected chi connectivity index (χ1v) is 6.24. The monoisotopic (exact) mass is 274 g/mol. The molecule has 0 fully saturated rings. The molecule has 104 valence electrons. The lowest BCUT2D eigenvalue weighted by atomic mass is 10.1. The van der Waals surface area contributed by atoms with Crippen molar-refractivity contribution in [2.24, 2.45) is 0 Å². The third-order valence-electron chi connectivity index (χ3n) is 3.07. The second-order valence-corrected chi connectivity index (χ2v) is 4.70. The standard InChI is InChI=1S/C15H15FN2O2/c1-10-6-7-14(16)15(8-10)17-11(2)12-4-3-5-13(9-12)18(19)20/h3-9,11,17H,1-2H3. The number of aryl methyl sites for hydroxylation is 1. The van der Waals surface area contributed by atoms with Crippen molar-refractivity contribution >= 4 is 11.4 Å². The van der Waals surface area contributed by atoms with Gasteiger partial charge in [0.2, 0.25) is 0 Å². The molecule has 0 spiro atoms. The van der Waals surface area contributed by atoms with E-state index in [0.29, 0.717) is 5.69 Å². The fourth-order valence-corrected chi connectivity index (χ4v) is 1.97. The summed E-state index contributed by atoms with van der Waals surface area (Å²) < 4.78 is 13.7. The SMILES string of the molecule is Cc1ccc(F)c(NC(C)c2cccc([N+](=O)[O-])c2)c1. The summed E-state index contributed by atoms with van der Waals surface area (Å²) >= 11 is 0. The zero-order valence-electron chi connectivity index (χ0n) is 11.3. The number of halogens is 1. The summed E-state index contributed by atoms with van der Waals surface area (Å²) in [6.45, 7) is 3.71. The zero-order valence-corrected chi connectivity index (χ0v) is 11.3. The maximum absolute atomic E-state index is 13.7. The Kier molecular flexibility index (Phi) is 3.98. The van der Waals surface area contributed by atoms with E-state index in [1.807, 2.05) is 13.8 Å². The average molecular weight is 274 g/mol. The highest BCUT2D eigenvalue weighted by molar-refractivity contribution is 5.49. The Bertz CT molecular complexity index is 644. The van der Waals surface area contributed by atoms with Crippen molar-refractivity contribution in [2.75, 3.05) is 5.32 Å². The van der Waals surface area contributed by atoms with Gasteiger partial charge in [0.1, 0.15) is 5.82 Å². The molecule has 1 unspecified atom stereocenters. The molecule has 0 aliphatic heterocycles. The Morgan fingerprint density at radius 3 is 2.70 bits per heavy atom. The molecule has 0 saturated carbocycles. The molecule has 1 N–H and O–H groups in total. The molecule has 20 heavy (non-hydrogen) atoms. The minimum Gasteiger partial charge on any atom is -0.376 e. The molecule has 4 nitrogen and oxygen atoms in total. The number of rotatable bonds is 4. The van der Waals surface area contributed by atoms with Gasteiger partial charge in [0, 0.05) is 18.2 Å². The Morgan fingerprint density at radius 1 is 1.25 bits per heavy atom. The molecule has 5 heteroatoms. The van der Waals surface area contributed by atoms with Crippen LogP contribution in [-0.4, -0.2) is 4.92 Å². The van der Waals surface area contributed by atoms with Crippen molar-refractivity contribution in [1.29, 1.82) is 0 Å².